The molecule has 1 atom stereocenters. The van der Waals surface area contributed by atoms with Crippen molar-refractivity contribution in [3.63, 3.8) is 0 Å². The number of hydrogen-bond donors (Lipinski definition) is 2. The smallest absolute Gasteiger partial charge is 0.407 e. The molecule has 2 amide bonds. The molecule has 0 aliphatic heterocycles. The van der Waals surface area contributed by atoms with Crippen LogP contribution in [0, 0.1) is 5.92 Å². The number of carbonyl (C=O) groups excluding carboxylic acids is 2. The summed E-state index contributed by atoms with van der Waals surface area (Å²) >= 11 is 0. The van der Waals surface area contributed by atoms with Gasteiger partial charge in [0.25, 0.3) is 0 Å². The minimum Gasteiger partial charge on any atom is -0.444 e. The van der Waals surface area contributed by atoms with Crippen LogP contribution in [0.25, 0.3) is 0 Å². The van der Waals surface area contributed by atoms with E-state index in [1.165, 1.54) is 0 Å². The monoisotopic (exact) mass is 244 g/mol. The molecule has 5 nitrogen and oxygen atoms in total. The van der Waals surface area contributed by atoms with Crippen molar-refractivity contribution in [1.29, 1.82) is 0 Å². The lowest BCUT2D eigenvalue weighted by Gasteiger charge is -2.19. The van der Waals surface area contributed by atoms with Gasteiger partial charge in [0.15, 0.2) is 0 Å². The maximum atomic E-state index is 11.4. The predicted octanol–water partition coefficient (Wildman–Crippen LogP) is 1.67. The van der Waals surface area contributed by atoms with Crippen molar-refractivity contribution >= 4 is 12.0 Å². The average Bonchev–Trinajstić information content (AvgIpc) is 2.20. The first kappa shape index (κ1) is 15.7. The maximum Gasteiger partial charge on any atom is 0.407 e. The van der Waals surface area contributed by atoms with Crippen LogP contribution < -0.4 is 10.6 Å². The summed E-state index contributed by atoms with van der Waals surface area (Å²) in [6.07, 6.45) is 0.348. The summed E-state index contributed by atoms with van der Waals surface area (Å²) in [7, 11) is 0. The lowest BCUT2D eigenvalue weighted by molar-refractivity contribution is -0.124. The number of amides is 2. The molecule has 0 fully saturated rings. The van der Waals surface area contributed by atoms with Crippen LogP contribution in [-0.4, -0.2) is 30.7 Å². The molecule has 0 saturated carbocycles. The third-order valence-corrected chi connectivity index (χ3v) is 2.15. The number of nitrogens with one attached hydrogen (secondary N) is 2. The topological polar surface area (TPSA) is 67.4 Å². The SMILES string of the molecule is CCC(C)C(=O)NCCNC(=O)OC(C)(C)C. The Morgan fingerprint density at radius 3 is 2.18 bits per heavy atom. The number of rotatable bonds is 5. The van der Waals surface area contributed by atoms with Crippen LogP contribution in [0.1, 0.15) is 41.0 Å². The van der Waals surface area contributed by atoms with Crippen LogP contribution in [0.15, 0.2) is 0 Å². The highest BCUT2D eigenvalue weighted by Crippen LogP contribution is 2.06. The summed E-state index contributed by atoms with van der Waals surface area (Å²) in [5, 5.41) is 5.32. The first-order valence-corrected chi connectivity index (χ1v) is 6.00. The highest BCUT2D eigenvalue weighted by atomic mass is 16.6. The average molecular weight is 244 g/mol. The van der Waals surface area contributed by atoms with Gasteiger partial charge >= 0.3 is 6.09 Å². The van der Waals surface area contributed by atoms with Gasteiger partial charge < -0.3 is 15.4 Å². The zero-order valence-corrected chi connectivity index (χ0v) is 11.4. The second-order valence-electron chi connectivity index (χ2n) is 5.03. The summed E-state index contributed by atoms with van der Waals surface area (Å²) in [4.78, 5) is 22.6. The molecule has 0 aromatic carbocycles. The van der Waals surface area contributed by atoms with Gasteiger partial charge in [-0.15, -0.1) is 0 Å². The Morgan fingerprint density at radius 1 is 1.18 bits per heavy atom. The molecule has 1 unspecified atom stereocenters. The third kappa shape index (κ3) is 8.54. The molecular weight excluding hydrogens is 220 g/mol. The zero-order valence-electron chi connectivity index (χ0n) is 11.4. The van der Waals surface area contributed by atoms with Crippen LogP contribution in [0.5, 0.6) is 0 Å². The molecule has 0 radical (unpaired) electrons. The molecule has 0 saturated heterocycles. The molecule has 2 N–H and O–H groups in total. The van der Waals surface area contributed by atoms with E-state index in [-0.39, 0.29) is 11.8 Å². The molecule has 17 heavy (non-hydrogen) atoms. The summed E-state index contributed by atoms with van der Waals surface area (Å²) in [6.45, 7) is 10.0. The van der Waals surface area contributed by atoms with Gasteiger partial charge in [0, 0.05) is 19.0 Å². The van der Waals surface area contributed by atoms with Crippen LogP contribution >= 0.6 is 0 Å². The Labute approximate surface area is 103 Å². The summed E-state index contributed by atoms with van der Waals surface area (Å²) < 4.78 is 5.05. The highest BCUT2D eigenvalue weighted by Gasteiger charge is 2.15. The van der Waals surface area contributed by atoms with Crippen molar-refractivity contribution in [2.45, 2.75) is 46.6 Å². The van der Waals surface area contributed by atoms with Crippen LogP contribution in [-0.2, 0) is 9.53 Å². The predicted molar refractivity (Wildman–Crippen MR) is 66.7 cm³/mol. The Balaban J connectivity index is 3.65. The van der Waals surface area contributed by atoms with Gasteiger partial charge in [-0.2, -0.15) is 0 Å². The van der Waals surface area contributed by atoms with Crippen LogP contribution in [0.2, 0.25) is 0 Å². The van der Waals surface area contributed by atoms with Gasteiger partial charge in [-0.25, -0.2) is 4.79 Å². The molecule has 0 heterocycles. The molecule has 5 heteroatoms. The van der Waals surface area contributed by atoms with E-state index in [9.17, 15) is 9.59 Å². The molecule has 0 aromatic heterocycles. The molecule has 0 bridgehead atoms. The standard InChI is InChI=1S/C12H24N2O3/c1-6-9(2)10(15)13-7-8-14-11(16)17-12(3,4)5/h9H,6-8H2,1-5H3,(H,13,15)(H,14,16). The fourth-order valence-corrected chi connectivity index (χ4v) is 1.02. The number of alkyl carbamates (subject to hydrolysis) is 1. The molecule has 0 aliphatic rings. The van der Waals surface area contributed by atoms with Crippen LogP contribution in [0.4, 0.5) is 4.79 Å². The summed E-state index contributed by atoms with van der Waals surface area (Å²) in [5.74, 6) is 0.0232. The second kappa shape index (κ2) is 7.14. The quantitative estimate of drug-likeness (QED) is 0.723. The molecule has 100 valence electrons. The van der Waals surface area contributed by atoms with Gasteiger partial charge in [0.1, 0.15) is 5.60 Å². The largest absolute Gasteiger partial charge is 0.444 e. The van der Waals surface area contributed by atoms with E-state index in [2.05, 4.69) is 10.6 Å². The van der Waals surface area contributed by atoms with Gasteiger partial charge in [-0.1, -0.05) is 13.8 Å². The van der Waals surface area contributed by atoms with E-state index in [4.69, 9.17) is 4.74 Å². The van der Waals surface area contributed by atoms with E-state index in [1.807, 2.05) is 13.8 Å². The second-order valence-corrected chi connectivity index (χ2v) is 5.03. The minimum absolute atomic E-state index is 0.0107. The van der Waals surface area contributed by atoms with Crippen LogP contribution in [0.3, 0.4) is 0 Å². The van der Waals surface area contributed by atoms with Crippen molar-refractivity contribution in [3.8, 4) is 0 Å². The van der Waals surface area contributed by atoms with E-state index in [1.54, 1.807) is 20.8 Å². The maximum absolute atomic E-state index is 11.4. The van der Waals surface area contributed by atoms with Crippen molar-refractivity contribution in [3.05, 3.63) is 0 Å². The van der Waals surface area contributed by atoms with Gasteiger partial charge in [0.2, 0.25) is 5.91 Å². The van der Waals surface area contributed by atoms with E-state index < -0.39 is 11.7 Å². The number of ether oxygens (including phenoxy) is 1. The Morgan fingerprint density at radius 2 is 1.71 bits per heavy atom. The Kier molecular flexibility index (Phi) is 6.61. The zero-order chi connectivity index (χ0) is 13.5. The van der Waals surface area contributed by atoms with E-state index in [0.717, 1.165) is 6.42 Å². The lowest BCUT2D eigenvalue weighted by Crippen LogP contribution is -2.39. The van der Waals surface area contributed by atoms with E-state index in [0.29, 0.717) is 13.1 Å². The van der Waals surface area contributed by atoms with Crippen molar-refractivity contribution in [2.24, 2.45) is 5.92 Å². The Bertz CT molecular complexity index is 259. The highest BCUT2D eigenvalue weighted by molar-refractivity contribution is 5.78. The van der Waals surface area contributed by atoms with Gasteiger partial charge in [-0.05, 0) is 27.2 Å². The first-order chi connectivity index (χ1) is 7.76. The third-order valence-electron chi connectivity index (χ3n) is 2.15. The summed E-state index contributed by atoms with van der Waals surface area (Å²) in [6, 6.07) is 0. The molecule has 0 aromatic rings. The molecule has 0 aliphatic carbocycles. The molecule has 0 rings (SSSR count). The number of carbonyl (C=O) groups is 2. The Hall–Kier alpha value is -1.26. The fourth-order valence-electron chi connectivity index (χ4n) is 1.02. The van der Waals surface area contributed by atoms with Crippen molar-refractivity contribution in [2.75, 3.05) is 13.1 Å². The number of hydrogen-bond acceptors (Lipinski definition) is 3. The molecular formula is C12H24N2O3. The van der Waals surface area contributed by atoms with Gasteiger partial charge in [0.05, 0.1) is 0 Å². The summed E-state index contributed by atoms with van der Waals surface area (Å²) in [5.41, 5.74) is -0.496. The normalized spacial score (nSPS) is 12.8. The lowest BCUT2D eigenvalue weighted by atomic mass is 10.1. The molecule has 0 spiro atoms. The fraction of sp³-hybridized carbons (Fsp3) is 0.833. The van der Waals surface area contributed by atoms with Crippen molar-refractivity contribution in [1.82, 2.24) is 10.6 Å². The minimum atomic E-state index is -0.496. The van der Waals surface area contributed by atoms with Crippen molar-refractivity contribution < 1.29 is 14.3 Å². The first-order valence-electron chi connectivity index (χ1n) is 6.00. The van der Waals surface area contributed by atoms with E-state index >= 15 is 0 Å². The van der Waals surface area contributed by atoms with Gasteiger partial charge in [-0.3, -0.25) is 4.79 Å².